The summed E-state index contributed by atoms with van der Waals surface area (Å²) < 4.78 is 0. The molecule has 4 saturated heterocycles. The summed E-state index contributed by atoms with van der Waals surface area (Å²) in [5.74, 6) is -0.0793. The second-order valence-corrected chi connectivity index (χ2v) is 15.4. The molecule has 256 valence electrons. The molecule has 0 aromatic heterocycles. The van der Waals surface area contributed by atoms with Crippen LogP contribution in [0.1, 0.15) is 92.4 Å². The van der Waals surface area contributed by atoms with Gasteiger partial charge in [0, 0.05) is 32.7 Å². The quantitative estimate of drug-likeness (QED) is 0.378. The number of carbonyl (C=O) groups excluding carboxylic acids is 4. The van der Waals surface area contributed by atoms with Crippen molar-refractivity contribution in [1.82, 2.24) is 29.8 Å². The third-order valence-electron chi connectivity index (χ3n) is 10.8. The van der Waals surface area contributed by atoms with Crippen LogP contribution in [0.2, 0.25) is 0 Å². The molecule has 4 aliphatic rings. The van der Waals surface area contributed by atoms with Gasteiger partial charge in [-0.3, -0.25) is 29.0 Å². The van der Waals surface area contributed by atoms with Crippen molar-refractivity contribution < 1.29 is 24.3 Å². The molecular formula is C34H60N6O5. The van der Waals surface area contributed by atoms with E-state index in [1.807, 2.05) is 34.9 Å². The van der Waals surface area contributed by atoms with E-state index in [1.165, 1.54) is 0 Å². The van der Waals surface area contributed by atoms with Gasteiger partial charge in [-0.15, -0.1) is 0 Å². The molecule has 6 atom stereocenters. The van der Waals surface area contributed by atoms with Crippen LogP contribution in [0, 0.1) is 11.3 Å². The summed E-state index contributed by atoms with van der Waals surface area (Å²) in [6.07, 6.45) is 7.66. The van der Waals surface area contributed by atoms with Crippen LogP contribution >= 0.6 is 0 Å². The smallest absolute Gasteiger partial charge is 0.245 e. The predicted molar refractivity (Wildman–Crippen MR) is 174 cm³/mol. The Labute approximate surface area is 271 Å². The first-order valence-corrected chi connectivity index (χ1v) is 17.5. The third-order valence-corrected chi connectivity index (χ3v) is 10.8. The van der Waals surface area contributed by atoms with Gasteiger partial charge in [-0.05, 0) is 82.8 Å². The van der Waals surface area contributed by atoms with E-state index in [0.29, 0.717) is 26.1 Å². The molecule has 0 saturated carbocycles. The lowest BCUT2D eigenvalue weighted by atomic mass is 9.84. The molecule has 0 aromatic carbocycles. The highest BCUT2D eigenvalue weighted by Crippen LogP contribution is 2.30. The van der Waals surface area contributed by atoms with Gasteiger partial charge in [0.05, 0.1) is 24.7 Å². The highest BCUT2D eigenvalue weighted by molar-refractivity contribution is 5.91. The lowest BCUT2D eigenvalue weighted by Crippen LogP contribution is -2.61. The number of carbonyl (C=O) groups is 4. The number of nitrogens with one attached hydrogen (secondary N) is 1. The number of hydrogen-bond acceptors (Lipinski definition) is 7. The largest absolute Gasteiger partial charge is 0.394 e. The van der Waals surface area contributed by atoms with E-state index < -0.39 is 17.5 Å². The normalized spacial score (nSPS) is 28.0. The van der Waals surface area contributed by atoms with Gasteiger partial charge >= 0.3 is 0 Å². The summed E-state index contributed by atoms with van der Waals surface area (Å²) in [5, 5.41) is 12.9. The maximum absolute atomic E-state index is 14.2. The number of hydrogen-bond donors (Lipinski definition) is 2. The standard InChI is InChI=1S/C34H60N6O5/c1-23(2)28(37(7)33(45)29(34(3,4)5)35-30(42)25-14-8-9-17-36(25)6)21-38-18-11-15-26(38)31(43)40-20-12-16-27(40)32(44)39-19-10-13-24(39)22-41/h23-29,41H,8-22H2,1-7H3,(H,35,42)/t24?,25-,26?,27?,28-,29?/m1/s1. The van der Waals surface area contributed by atoms with Gasteiger partial charge in [-0.1, -0.05) is 41.0 Å². The second kappa shape index (κ2) is 15.1. The number of nitrogens with zero attached hydrogens (tertiary/aromatic N) is 5. The van der Waals surface area contributed by atoms with E-state index in [4.69, 9.17) is 0 Å². The van der Waals surface area contributed by atoms with Crippen LogP contribution in [0.25, 0.3) is 0 Å². The highest BCUT2D eigenvalue weighted by Gasteiger charge is 2.45. The van der Waals surface area contributed by atoms with Crippen molar-refractivity contribution in [3.05, 3.63) is 0 Å². The van der Waals surface area contributed by atoms with E-state index in [1.54, 1.807) is 14.7 Å². The van der Waals surface area contributed by atoms with Crippen LogP contribution in [0.5, 0.6) is 0 Å². The molecule has 0 spiro atoms. The minimum Gasteiger partial charge on any atom is -0.394 e. The molecule has 4 heterocycles. The first kappa shape index (κ1) is 35.6. The van der Waals surface area contributed by atoms with E-state index in [0.717, 1.165) is 64.5 Å². The van der Waals surface area contributed by atoms with Gasteiger partial charge in [-0.25, -0.2) is 0 Å². The Balaban J connectivity index is 1.45. The molecule has 0 aromatic rings. The fourth-order valence-electron chi connectivity index (χ4n) is 7.99. The zero-order chi connectivity index (χ0) is 33.1. The Bertz CT molecular complexity index is 1060. The molecule has 4 aliphatic heterocycles. The lowest BCUT2D eigenvalue weighted by molar-refractivity contribution is -0.147. The SMILES string of the molecule is CC(C)[C@@H](CN1CCCC1C(=O)N1CCCC1C(=O)N1CCCC1CO)N(C)C(=O)C(NC(=O)[C@H]1CCCCN1C)C(C)(C)C. The molecule has 0 aliphatic carbocycles. The fraction of sp³-hybridized carbons (Fsp3) is 0.882. The maximum Gasteiger partial charge on any atom is 0.245 e. The first-order valence-electron chi connectivity index (χ1n) is 17.5. The van der Waals surface area contributed by atoms with Crippen LogP contribution in [0.3, 0.4) is 0 Å². The Morgan fingerprint density at radius 2 is 1.42 bits per heavy atom. The van der Waals surface area contributed by atoms with Crippen molar-refractivity contribution in [3.63, 3.8) is 0 Å². The van der Waals surface area contributed by atoms with Gasteiger partial charge in [0.25, 0.3) is 0 Å². The van der Waals surface area contributed by atoms with Crippen LogP contribution in [0.4, 0.5) is 0 Å². The van der Waals surface area contributed by atoms with Crippen LogP contribution in [-0.2, 0) is 19.2 Å². The van der Waals surface area contributed by atoms with E-state index >= 15 is 0 Å². The zero-order valence-electron chi connectivity index (χ0n) is 29.0. The molecule has 4 rings (SSSR count). The number of likely N-dealkylation sites (tertiary alicyclic amines) is 4. The van der Waals surface area contributed by atoms with Crippen molar-refractivity contribution in [2.24, 2.45) is 11.3 Å². The van der Waals surface area contributed by atoms with Crippen molar-refractivity contribution in [2.75, 3.05) is 53.4 Å². The van der Waals surface area contributed by atoms with Crippen molar-refractivity contribution in [1.29, 1.82) is 0 Å². The Kier molecular flexibility index (Phi) is 12.0. The van der Waals surface area contributed by atoms with Crippen LogP contribution in [0.15, 0.2) is 0 Å². The average molecular weight is 633 g/mol. The van der Waals surface area contributed by atoms with Gasteiger partial charge in [0.1, 0.15) is 12.1 Å². The van der Waals surface area contributed by atoms with E-state index in [2.05, 4.69) is 29.0 Å². The first-order chi connectivity index (χ1) is 21.3. The summed E-state index contributed by atoms with van der Waals surface area (Å²) >= 11 is 0. The molecule has 0 radical (unpaired) electrons. The van der Waals surface area contributed by atoms with Gasteiger partial charge in [0.2, 0.25) is 23.6 Å². The molecule has 0 bridgehead atoms. The monoisotopic (exact) mass is 632 g/mol. The van der Waals surface area contributed by atoms with Crippen molar-refractivity contribution in [2.45, 2.75) is 129 Å². The fourth-order valence-corrected chi connectivity index (χ4v) is 7.99. The second-order valence-electron chi connectivity index (χ2n) is 15.4. The van der Waals surface area contributed by atoms with Crippen molar-refractivity contribution in [3.8, 4) is 0 Å². The maximum atomic E-state index is 14.2. The zero-order valence-corrected chi connectivity index (χ0v) is 29.0. The minimum absolute atomic E-state index is 0.0102. The molecule has 11 heteroatoms. The Hall–Kier alpha value is -2.24. The molecule has 4 amide bonds. The van der Waals surface area contributed by atoms with Crippen LogP contribution < -0.4 is 5.32 Å². The summed E-state index contributed by atoms with van der Waals surface area (Å²) in [6, 6.07) is -1.99. The summed E-state index contributed by atoms with van der Waals surface area (Å²) in [5.41, 5.74) is -0.483. The molecular weight excluding hydrogens is 572 g/mol. The molecule has 4 fully saturated rings. The molecule has 4 unspecified atom stereocenters. The average Bonchev–Trinajstić information content (AvgIpc) is 3.77. The van der Waals surface area contributed by atoms with E-state index in [-0.39, 0.29) is 60.3 Å². The number of aliphatic hydroxyl groups is 1. The number of amides is 4. The third kappa shape index (κ3) is 8.01. The Morgan fingerprint density at radius 3 is 2.07 bits per heavy atom. The van der Waals surface area contributed by atoms with E-state index in [9.17, 15) is 24.3 Å². The summed E-state index contributed by atoms with van der Waals surface area (Å²) in [4.78, 5) is 64.8. The number of likely N-dealkylation sites (N-methyl/N-ethyl adjacent to an activating group) is 2. The molecule has 2 N–H and O–H groups in total. The molecule has 11 nitrogen and oxygen atoms in total. The minimum atomic E-state index is -0.674. The Morgan fingerprint density at radius 1 is 0.822 bits per heavy atom. The van der Waals surface area contributed by atoms with Crippen LogP contribution in [-0.4, -0.2) is 143 Å². The summed E-state index contributed by atoms with van der Waals surface area (Å²) in [7, 11) is 3.81. The number of piperidine rings is 1. The van der Waals surface area contributed by atoms with Crippen molar-refractivity contribution >= 4 is 23.6 Å². The van der Waals surface area contributed by atoms with Gasteiger partial charge in [0.15, 0.2) is 0 Å². The molecule has 45 heavy (non-hydrogen) atoms. The highest BCUT2D eigenvalue weighted by atomic mass is 16.3. The predicted octanol–water partition coefficient (Wildman–Crippen LogP) is 1.92. The lowest BCUT2D eigenvalue weighted by Gasteiger charge is -2.41. The summed E-state index contributed by atoms with van der Waals surface area (Å²) in [6.45, 7) is 13.6. The number of rotatable bonds is 10. The number of aliphatic hydroxyl groups excluding tert-OH is 1. The van der Waals surface area contributed by atoms with Gasteiger partial charge < -0.3 is 25.1 Å². The van der Waals surface area contributed by atoms with Gasteiger partial charge in [-0.2, -0.15) is 0 Å². The topological polar surface area (TPSA) is 117 Å².